The zero-order chi connectivity index (χ0) is 19.8. The maximum absolute atomic E-state index is 12.5. The molecule has 8 heteroatoms. The third kappa shape index (κ3) is 3.31. The predicted molar refractivity (Wildman–Crippen MR) is 113 cm³/mol. The maximum atomic E-state index is 12.5. The van der Waals surface area contributed by atoms with E-state index < -0.39 is 0 Å². The Morgan fingerprint density at radius 3 is 2.75 bits per heavy atom. The lowest BCUT2D eigenvalue weighted by molar-refractivity contribution is 0.0601. The van der Waals surface area contributed by atoms with Gasteiger partial charge in [0.25, 0.3) is 0 Å². The number of esters is 1. The Bertz CT molecular complexity index is 1040. The number of nitrogens with zero attached hydrogens (tertiary/aromatic N) is 1. The number of carbonyl (C=O) groups excluding carboxylic acids is 1. The molecule has 1 unspecified atom stereocenters. The third-order valence-electron chi connectivity index (χ3n) is 5.01. The fourth-order valence-electron chi connectivity index (χ4n) is 3.56. The molecule has 0 amide bonds. The molecule has 2 aromatic heterocycles. The van der Waals surface area contributed by atoms with Crippen LogP contribution in [0, 0.1) is 5.92 Å². The van der Waals surface area contributed by atoms with Crippen LogP contribution >= 0.6 is 22.7 Å². The minimum atomic E-state index is -0.296. The van der Waals surface area contributed by atoms with Crippen LogP contribution in [0.4, 0.5) is 10.1 Å². The minimum absolute atomic E-state index is 0.296. The predicted octanol–water partition coefficient (Wildman–Crippen LogP) is 5.03. The van der Waals surface area contributed by atoms with Gasteiger partial charge in [0.15, 0.2) is 5.13 Å². The van der Waals surface area contributed by atoms with E-state index in [1.807, 2.05) is 12.1 Å². The molecule has 28 heavy (non-hydrogen) atoms. The van der Waals surface area contributed by atoms with Crippen molar-refractivity contribution in [2.75, 3.05) is 26.6 Å². The van der Waals surface area contributed by atoms with Crippen LogP contribution in [0.5, 0.6) is 11.5 Å². The van der Waals surface area contributed by atoms with Gasteiger partial charge in [0, 0.05) is 10.9 Å². The van der Waals surface area contributed by atoms with Gasteiger partial charge in [-0.2, -0.15) is 0 Å². The van der Waals surface area contributed by atoms with Crippen molar-refractivity contribution in [3.05, 3.63) is 28.1 Å². The first-order valence-corrected chi connectivity index (χ1v) is 10.7. The van der Waals surface area contributed by atoms with Gasteiger partial charge >= 0.3 is 5.97 Å². The van der Waals surface area contributed by atoms with Crippen LogP contribution < -0.4 is 14.8 Å². The summed E-state index contributed by atoms with van der Waals surface area (Å²) in [4.78, 5) is 18.4. The molecule has 4 rings (SSSR count). The number of hydrogen-bond acceptors (Lipinski definition) is 8. The summed E-state index contributed by atoms with van der Waals surface area (Å²) in [7, 11) is 4.67. The number of rotatable bonds is 5. The number of ether oxygens (including phenoxy) is 3. The average molecular weight is 419 g/mol. The summed E-state index contributed by atoms with van der Waals surface area (Å²) in [5.74, 6) is 1.71. The Kier molecular flexibility index (Phi) is 5.16. The van der Waals surface area contributed by atoms with Gasteiger partial charge in [-0.3, -0.25) is 0 Å². The Labute approximate surface area is 171 Å². The van der Waals surface area contributed by atoms with Crippen molar-refractivity contribution in [1.82, 2.24) is 4.98 Å². The smallest absolute Gasteiger partial charge is 0.341 e. The standard InChI is InChI=1S/C20H22N2O4S2/c1-10-5-6-12-14(7-10)27-18(16(12)19(23)26-4)22-20-21-17-13(25-3)8-11(24-2)9-15(17)28-20/h8-10H,5-7H2,1-4H3,(H,21,22). The second-order valence-corrected chi connectivity index (χ2v) is 9.00. The molecule has 0 aliphatic heterocycles. The first-order chi connectivity index (χ1) is 13.5. The lowest BCUT2D eigenvalue weighted by Gasteiger charge is -2.18. The fraction of sp³-hybridized carbons (Fsp3) is 0.400. The number of methoxy groups -OCH3 is 3. The molecule has 0 bridgehead atoms. The molecule has 3 aromatic rings. The van der Waals surface area contributed by atoms with Crippen LogP contribution in [-0.2, 0) is 17.6 Å². The Balaban J connectivity index is 1.76. The zero-order valence-corrected chi connectivity index (χ0v) is 17.9. The molecular formula is C20H22N2O4S2. The summed E-state index contributed by atoms with van der Waals surface area (Å²) in [6, 6.07) is 3.75. The van der Waals surface area contributed by atoms with Crippen molar-refractivity contribution in [3.63, 3.8) is 0 Å². The number of carbonyl (C=O) groups is 1. The topological polar surface area (TPSA) is 69.7 Å². The van der Waals surface area contributed by atoms with Gasteiger partial charge in [0.05, 0.1) is 31.6 Å². The number of aromatic nitrogens is 1. The van der Waals surface area contributed by atoms with Gasteiger partial charge in [-0.05, 0) is 36.8 Å². The molecule has 1 aliphatic rings. The highest BCUT2D eigenvalue weighted by molar-refractivity contribution is 7.23. The molecule has 0 saturated carbocycles. The SMILES string of the molecule is COC(=O)c1c(Nc2nc3c(OC)cc(OC)cc3s2)sc2c1CCC(C)C2. The molecule has 1 aromatic carbocycles. The summed E-state index contributed by atoms with van der Waals surface area (Å²) in [6.45, 7) is 2.25. The average Bonchev–Trinajstić information content (AvgIpc) is 3.26. The molecule has 0 radical (unpaired) electrons. The zero-order valence-electron chi connectivity index (χ0n) is 16.3. The highest BCUT2D eigenvalue weighted by atomic mass is 32.1. The van der Waals surface area contributed by atoms with E-state index in [4.69, 9.17) is 14.2 Å². The summed E-state index contributed by atoms with van der Waals surface area (Å²) in [5.41, 5.74) is 2.54. The number of nitrogens with one attached hydrogen (secondary N) is 1. The summed E-state index contributed by atoms with van der Waals surface area (Å²) >= 11 is 3.13. The molecule has 6 nitrogen and oxygen atoms in total. The number of anilines is 2. The molecule has 1 N–H and O–H groups in total. The van der Waals surface area contributed by atoms with Gasteiger partial charge in [-0.1, -0.05) is 18.3 Å². The van der Waals surface area contributed by atoms with Crippen molar-refractivity contribution in [1.29, 1.82) is 0 Å². The molecular weight excluding hydrogens is 396 g/mol. The first kappa shape index (κ1) is 19.0. The van der Waals surface area contributed by atoms with Crippen LogP contribution in [0.25, 0.3) is 10.2 Å². The molecule has 0 spiro atoms. The van der Waals surface area contributed by atoms with Gasteiger partial charge in [0.2, 0.25) is 0 Å². The second-order valence-electron chi connectivity index (χ2n) is 6.87. The van der Waals surface area contributed by atoms with Gasteiger partial charge in [-0.15, -0.1) is 11.3 Å². The van der Waals surface area contributed by atoms with E-state index in [0.717, 1.165) is 45.8 Å². The highest BCUT2D eigenvalue weighted by Gasteiger charge is 2.28. The normalized spacial score (nSPS) is 15.9. The lowest BCUT2D eigenvalue weighted by Crippen LogP contribution is -2.13. The number of thiophene rings is 1. The monoisotopic (exact) mass is 418 g/mol. The van der Waals surface area contributed by atoms with Crippen LogP contribution in [0.1, 0.15) is 34.1 Å². The van der Waals surface area contributed by atoms with Gasteiger partial charge in [-0.25, -0.2) is 9.78 Å². The lowest BCUT2D eigenvalue weighted by atomic mass is 9.88. The number of fused-ring (bicyclic) bond motifs is 2. The Morgan fingerprint density at radius 2 is 2.04 bits per heavy atom. The van der Waals surface area contributed by atoms with Crippen LogP contribution in [0.15, 0.2) is 12.1 Å². The molecule has 1 aliphatic carbocycles. The summed E-state index contributed by atoms with van der Waals surface area (Å²) < 4.78 is 16.8. The van der Waals surface area contributed by atoms with Gasteiger partial charge < -0.3 is 19.5 Å². The van der Waals surface area contributed by atoms with E-state index in [0.29, 0.717) is 22.4 Å². The largest absolute Gasteiger partial charge is 0.497 e. The number of thiazole rings is 1. The van der Waals surface area contributed by atoms with E-state index in [-0.39, 0.29) is 5.97 Å². The second kappa shape index (κ2) is 7.60. The van der Waals surface area contributed by atoms with E-state index in [1.165, 1.54) is 23.3 Å². The highest BCUT2D eigenvalue weighted by Crippen LogP contribution is 2.43. The Morgan fingerprint density at radius 1 is 1.21 bits per heavy atom. The summed E-state index contributed by atoms with van der Waals surface area (Å²) in [5, 5.41) is 4.88. The minimum Gasteiger partial charge on any atom is -0.497 e. The van der Waals surface area contributed by atoms with Crippen LogP contribution in [0.2, 0.25) is 0 Å². The molecule has 0 fully saturated rings. The Hall–Kier alpha value is -2.32. The third-order valence-corrected chi connectivity index (χ3v) is 7.10. The maximum Gasteiger partial charge on any atom is 0.341 e. The molecule has 1 atom stereocenters. The summed E-state index contributed by atoms with van der Waals surface area (Å²) in [6.07, 6.45) is 2.99. The van der Waals surface area contributed by atoms with E-state index in [9.17, 15) is 4.79 Å². The van der Waals surface area contributed by atoms with E-state index in [2.05, 4.69) is 17.2 Å². The van der Waals surface area contributed by atoms with E-state index in [1.54, 1.807) is 25.6 Å². The van der Waals surface area contributed by atoms with Crippen LogP contribution in [0.3, 0.4) is 0 Å². The van der Waals surface area contributed by atoms with Crippen LogP contribution in [-0.4, -0.2) is 32.3 Å². The molecule has 2 heterocycles. The van der Waals surface area contributed by atoms with Crippen molar-refractivity contribution < 1.29 is 19.0 Å². The fourth-order valence-corrected chi connectivity index (χ4v) is 5.93. The number of hydrogen-bond donors (Lipinski definition) is 1. The van der Waals surface area contributed by atoms with Crippen molar-refractivity contribution in [3.8, 4) is 11.5 Å². The molecule has 148 valence electrons. The quantitative estimate of drug-likeness (QED) is 0.586. The van der Waals surface area contributed by atoms with Crippen molar-refractivity contribution in [2.45, 2.75) is 26.2 Å². The van der Waals surface area contributed by atoms with Gasteiger partial charge in [0.1, 0.15) is 22.0 Å². The van der Waals surface area contributed by atoms with Crippen molar-refractivity contribution in [2.24, 2.45) is 5.92 Å². The molecule has 0 saturated heterocycles. The van der Waals surface area contributed by atoms with E-state index >= 15 is 0 Å². The number of benzene rings is 1. The van der Waals surface area contributed by atoms with Crippen molar-refractivity contribution >= 4 is 49.0 Å². The first-order valence-electron chi connectivity index (χ1n) is 9.06.